The fourth-order valence-electron chi connectivity index (χ4n) is 0.415. The Morgan fingerprint density at radius 3 is 1.75 bits per heavy atom. The maximum atomic E-state index is 3.31. The first-order chi connectivity index (χ1) is 3.39. The molecule has 0 heterocycles. The first kappa shape index (κ1) is 8.39. The van der Waals surface area contributed by atoms with E-state index in [1.165, 1.54) is 0 Å². The first-order valence-corrected chi connectivity index (χ1v) is 2.89. The van der Waals surface area contributed by atoms with Gasteiger partial charge in [-0.3, -0.25) is 0 Å². The molecule has 0 fully saturated rings. The van der Waals surface area contributed by atoms with Gasteiger partial charge in [-0.05, 0) is 12.1 Å². The van der Waals surface area contributed by atoms with Crippen molar-refractivity contribution >= 4 is 15.9 Å². The van der Waals surface area contributed by atoms with Crippen molar-refractivity contribution < 1.29 is 21.1 Å². The van der Waals surface area contributed by atoms with Crippen LogP contribution in [0.15, 0.2) is 34.8 Å². The smallest absolute Gasteiger partial charge is 0.0175 e. The van der Waals surface area contributed by atoms with E-state index < -0.39 is 0 Å². The van der Waals surface area contributed by atoms with Gasteiger partial charge in [0.25, 0.3) is 0 Å². The summed E-state index contributed by atoms with van der Waals surface area (Å²) in [5, 5.41) is 0. The molecule has 2 heteroatoms. The molecule has 0 aromatic heterocycles. The Kier molecular flexibility index (Phi) is 4.49. The minimum atomic E-state index is 0. The summed E-state index contributed by atoms with van der Waals surface area (Å²) in [6.07, 6.45) is 0. The number of halogens is 1. The predicted molar refractivity (Wildman–Crippen MR) is 34.1 cm³/mol. The Hall–Kier alpha value is 0.388. The van der Waals surface area contributed by atoms with E-state index >= 15 is 0 Å². The van der Waals surface area contributed by atoms with Gasteiger partial charge in [0.05, 0.1) is 0 Å². The van der Waals surface area contributed by atoms with Gasteiger partial charge in [0, 0.05) is 25.5 Å². The van der Waals surface area contributed by atoms with Gasteiger partial charge < -0.3 is 0 Å². The second kappa shape index (κ2) is 4.29. The van der Waals surface area contributed by atoms with Gasteiger partial charge in [-0.1, -0.05) is 34.1 Å². The Bertz CT molecular complexity index is 138. The maximum Gasteiger partial charge on any atom is 0.0175 e. The van der Waals surface area contributed by atoms with E-state index in [0.29, 0.717) is 0 Å². The van der Waals surface area contributed by atoms with E-state index in [1.807, 2.05) is 30.3 Å². The molecule has 0 N–H and O–H groups in total. The summed E-state index contributed by atoms with van der Waals surface area (Å²) >= 11 is 3.31. The van der Waals surface area contributed by atoms with Gasteiger partial charge in [-0.2, -0.15) is 0 Å². The maximum absolute atomic E-state index is 3.31. The fraction of sp³-hybridized carbons (Fsp3) is 0. The Morgan fingerprint density at radius 2 is 1.50 bits per heavy atom. The topological polar surface area (TPSA) is 0 Å². The third-order valence-corrected chi connectivity index (χ3v) is 1.26. The molecule has 0 aliphatic rings. The number of benzene rings is 1. The van der Waals surface area contributed by atoms with Crippen LogP contribution in [0.25, 0.3) is 0 Å². The average Bonchev–Trinajstić information content (AvgIpc) is 1.69. The van der Waals surface area contributed by atoms with E-state index in [1.54, 1.807) is 0 Å². The van der Waals surface area contributed by atoms with Crippen LogP contribution in [0.4, 0.5) is 0 Å². The first-order valence-electron chi connectivity index (χ1n) is 2.10. The van der Waals surface area contributed by atoms with Crippen LogP contribution in [0.5, 0.6) is 0 Å². The monoisotopic (exact) mass is 351 g/mol. The molecule has 0 amide bonds. The van der Waals surface area contributed by atoms with Crippen LogP contribution in [-0.4, -0.2) is 0 Å². The normalized spacial score (nSPS) is 7.62. The van der Waals surface area contributed by atoms with Crippen molar-refractivity contribution in [1.29, 1.82) is 0 Å². The SMILES string of the molecule is Brc1ccccc1.[Pt]. The molecule has 0 atom stereocenters. The second-order valence-electron chi connectivity index (χ2n) is 1.30. The van der Waals surface area contributed by atoms with E-state index in [9.17, 15) is 0 Å². The van der Waals surface area contributed by atoms with Gasteiger partial charge in [-0.15, -0.1) is 0 Å². The molecule has 0 bridgehead atoms. The minimum Gasteiger partial charge on any atom is -0.0622 e. The Balaban J connectivity index is 0.000000490. The van der Waals surface area contributed by atoms with E-state index in [-0.39, 0.29) is 21.1 Å². The van der Waals surface area contributed by atoms with E-state index in [0.717, 1.165) is 4.47 Å². The predicted octanol–water partition coefficient (Wildman–Crippen LogP) is 2.45. The molecule has 0 saturated heterocycles. The molecule has 0 aliphatic carbocycles. The van der Waals surface area contributed by atoms with Crippen molar-refractivity contribution in [3.05, 3.63) is 34.8 Å². The Morgan fingerprint density at radius 1 is 1.00 bits per heavy atom. The van der Waals surface area contributed by atoms with Crippen LogP contribution in [0.1, 0.15) is 0 Å². The summed E-state index contributed by atoms with van der Waals surface area (Å²) in [5.74, 6) is 0. The largest absolute Gasteiger partial charge is 0.0622 e. The van der Waals surface area contributed by atoms with Gasteiger partial charge >= 0.3 is 0 Å². The third kappa shape index (κ3) is 2.64. The number of hydrogen-bond acceptors (Lipinski definition) is 0. The van der Waals surface area contributed by atoms with Gasteiger partial charge in [0.1, 0.15) is 0 Å². The summed E-state index contributed by atoms with van der Waals surface area (Å²) in [6, 6.07) is 9.97. The summed E-state index contributed by atoms with van der Waals surface area (Å²) in [4.78, 5) is 0. The van der Waals surface area contributed by atoms with Gasteiger partial charge in [0.15, 0.2) is 0 Å². The van der Waals surface area contributed by atoms with Crippen molar-refractivity contribution in [2.45, 2.75) is 0 Å². The average molecular weight is 352 g/mol. The molecule has 0 saturated carbocycles. The zero-order valence-corrected chi connectivity index (χ0v) is 7.94. The van der Waals surface area contributed by atoms with Crippen LogP contribution in [0.3, 0.4) is 0 Å². The van der Waals surface area contributed by atoms with E-state index in [2.05, 4.69) is 15.9 Å². The van der Waals surface area contributed by atoms with Crippen molar-refractivity contribution in [2.24, 2.45) is 0 Å². The summed E-state index contributed by atoms with van der Waals surface area (Å²) in [7, 11) is 0. The molecular weight excluding hydrogens is 347 g/mol. The quantitative estimate of drug-likeness (QED) is 0.673. The molecule has 1 rings (SSSR count). The van der Waals surface area contributed by atoms with Crippen molar-refractivity contribution in [2.75, 3.05) is 0 Å². The van der Waals surface area contributed by atoms with Crippen LogP contribution >= 0.6 is 15.9 Å². The molecule has 0 nitrogen and oxygen atoms in total. The van der Waals surface area contributed by atoms with E-state index in [4.69, 9.17) is 0 Å². The third-order valence-electron chi connectivity index (χ3n) is 0.733. The molecule has 1 aromatic rings. The molecular formula is C6H5BrPt. The van der Waals surface area contributed by atoms with Crippen LogP contribution in [0, 0.1) is 0 Å². The summed E-state index contributed by atoms with van der Waals surface area (Å²) in [6.45, 7) is 0. The van der Waals surface area contributed by atoms with Crippen LogP contribution in [0.2, 0.25) is 0 Å². The number of hydrogen-bond donors (Lipinski definition) is 0. The fourth-order valence-corrected chi connectivity index (χ4v) is 0.720. The molecule has 0 aliphatic heterocycles. The summed E-state index contributed by atoms with van der Waals surface area (Å²) < 4.78 is 1.13. The molecule has 0 spiro atoms. The van der Waals surface area contributed by atoms with Crippen LogP contribution < -0.4 is 0 Å². The van der Waals surface area contributed by atoms with Crippen LogP contribution in [-0.2, 0) is 21.1 Å². The van der Waals surface area contributed by atoms with Gasteiger partial charge in [-0.25, -0.2) is 0 Å². The zero-order valence-electron chi connectivity index (χ0n) is 4.08. The zero-order chi connectivity index (χ0) is 5.11. The molecule has 1 aromatic carbocycles. The Labute approximate surface area is 71.7 Å². The van der Waals surface area contributed by atoms with Crippen molar-refractivity contribution in [3.63, 3.8) is 0 Å². The molecule has 8 heavy (non-hydrogen) atoms. The number of rotatable bonds is 0. The minimum absolute atomic E-state index is 0. The molecule has 0 unspecified atom stereocenters. The van der Waals surface area contributed by atoms with Crippen molar-refractivity contribution in [1.82, 2.24) is 0 Å². The summed E-state index contributed by atoms with van der Waals surface area (Å²) in [5.41, 5.74) is 0. The van der Waals surface area contributed by atoms with Gasteiger partial charge in [0.2, 0.25) is 0 Å². The molecule has 0 radical (unpaired) electrons. The molecule has 46 valence electrons. The standard InChI is InChI=1S/C6H5Br.Pt/c7-6-4-2-1-3-5-6;/h1-5H;. The second-order valence-corrected chi connectivity index (χ2v) is 2.21. The van der Waals surface area contributed by atoms with Crippen molar-refractivity contribution in [3.8, 4) is 0 Å².